The maximum atomic E-state index is 17.3. The van der Waals surface area contributed by atoms with E-state index >= 15 is 8.78 Å². The molecule has 2 aromatic carbocycles. The molecule has 3 saturated heterocycles. The largest absolute Gasteiger partial charge is 0.489 e. The fourth-order valence-electron chi connectivity index (χ4n) is 8.30. The van der Waals surface area contributed by atoms with E-state index in [0.29, 0.717) is 44.8 Å². The average Bonchev–Trinajstić information content (AvgIpc) is 3.87. The number of benzene rings is 2. The van der Waals surface area contributed by atoms with Crippen LogP contribution in [0.4, 0.5) is 24.0 Å². The van der Waals surface area contributed by atoms with Gasteiger partial charge in [0.1, 0.15) is 53.7 Å². The van der Waals surface area contributed by atoms with E-state index in [1.165, 1.54) is 19.2 Å². The van der Waals surface area contributed by atoms with Crippen molar-refractivity contribution in [3.63, 3.8) is 0 Å². The Morgan fingerprint density at radius 1 is 1.25 bits per heavy atom. The Balaban J connectivity index is 1.30. The number of likely N-dealkylation sites (tertiary alicyclic amines) is 1. The molecule has 4 aliphatic rings. The van der Waals surface area contributed by atoms with E-state index in [1.54, 1.807) is 11.8 Å². The van der Waals surface area contributed by atoms with Crippen LogP contribution in [-0.4, -0.2) is 103 Å². The van der Waals surface area contributed by atoms with Crippen molar-refractivity contribution in [1.29, 1.82) is 5.26 Å². The normalized spacial score (nSPS) is 23.8. The summed E-state index contributed by atoms with van der Waals surface area (Å²) in [6, 6.07) is 4.25. The number of methoxy groups -OCH3 is 1. The molecule has 3 fully saturated rings. The number of halogens is 4. The molecule has 0 aliphatic carbocycles. The van der Waals surface area contributed by atoms with E-state index in [2.05, 4.69) is 9.88 Å². The van der Waals surface area contributed by atoms with Crippen molar-refractivity contribution in [2.24, 2.45) is 0 Å². The van der Waals surface area contributed by atoms with Crippen LogP contribution in [0, 0.1) is 23.0 Å². The number of thiophene rings is 1. The minimum atomic E-state index is -0.973. The molecule has 0 saturated carbocycles. The Labute approximate surface area is 300 Å². The van der Waals surface area contributed by atoms with Crippen LogP contribution in [0.5, 0.6) is 11.8 Å². The summed E-state index contributed by atoms with van der Waals surface area (Å²) in [5, 5.41) is 10.3. The van der Waals surface area contributed by atoms with Crippen molar-refractivity contribution < 1.29 is 32.2 Å². The topological polar surface area (TPSA) is 130 Å². The Morgan fingerprint density at radius 2 is 2.08 bits per heavy atom. The number of fused-ring (bicyclic) bond motifs is 2. The van der Waals surface area contributed by atoms with Crippen molar-refractivity contribution in [1.82, 2.24) is 19.8 Å². The molecule has 0 bridgehead atoms. The van der Waals surface area contributed by atoms with E-state index in [4.69, 9.17) is 36.5 Å². The first-order chi connectivity index (χ1) is 24.5. The van der Waals surface area contributed by atoms with Crippen LogP contribution >= 0.6 is 22.9 Å². The highest BCUT2D eigenvalue weighted by molar-refractivity contribution is 7.23. The van der Waals surface area contributed by atoms with Gasteiger partial charge in [-0.05, 0) is 44.4 Å². The molecular weight excluding hydrogens is 707 g/mol. The second-order valence-electron chi connectivity index (χ2n) is 13.6. The molecule has 6 heterocycles. The van der Waals surface area contributed by atoms with Gasteiger partial charge in [0, 0.05) is 50.2 Å². The molecule has 51 heavy (non-hydrogen) atoms. The zero-order valence-electron chi connectivity index (χ0n) is 28.0. The van der Waals surface area contributed by atoms with Gasteiger partial charge in [0.05, 0.1) is 32.8 Å². The number of aromatic nitrogens is 2. The van der Waals surface area contributed by atoms with Crippen LogP contribution in [0.3, 0.4) is 0 Å². The van der Waals surface area contributed by atoms with Crippen LogP contribution in [-0.2, 0) is 9.53 Å². The zero-order chi connectivity index (χ0) is 35.8. The summed E-state index contributed by atoms with van der Waals surface area (Å²) in [5.74, 6) is -1.14. The fourth-order valence-corrected chi connectivity index (χ4v) is 9.58. The SMILES string of the molecule is CO[C@H](C)C(=O)N1CCC(N2CCOc3c(Cl)c(-c4ccc(F)c5sc(N)c(C#N)c45)c(F)c4nc(OC[C@@]56CCCN5C[C@H](F)C6)nc2c34)C1. The van der Waals surface area contributed by atoms with Gasteiger partial charge in [-0.25, -0.2) is 13.2 Å². The Kier molecular flexibility index (Phi) is 8.56. The number of hydrogen-bond donors (Lipinski definition) is 1. The number of rotatable bonds is 7. The molecule has 4 aliphatic heterocycles. The second kappa shape index (κ2) is 12.8. The van der Waals surface area contributed by atoms with Gasteiger partial charge in [0.2, 0.25) is 0 Å². The average molecular weight is 742 g/mol. The number of nitriles is 1. The summed E-state index contributed by atoms with van der Waals surface area (Å²) < 4.78 is 64.9. The number of hydrogen-bond acceptors (Lipinski definition) is 11. The van der Waals surface area contributed by atoms with Gasteiger partial charge in [0.15, 0.2) is 11.6 Å². The summed E-state index contributed by atoms with van der Waals surface area (Å²) in [4.78, 5) is 28.3. The van der Waals surface area contributed by atoms with E-state index in [9.17, 15) is 14.4 Å². The highest BCUT2D eigenvalue weighted by Crippen LogP contribution is 2.51. The predicted molar refractivity (Wildman–Crippen MR) is 187 cm³/mol. The van der Waals surface area contributed by atoms with Crippen LogP contribution in [0.25, 0.3) is 32.1 Å². The minimum Gasteiger partial charge on any atom is -0.489 e. The lowest BCUT2D eigenvalue weighted by Crippen LogP contribution is -2.44. The van der Waals surface area contributed by atoms with Crippen molar-refractivity contribution >= 4 is 60.7 Å². The maximum absolute atomic E-state index is 17.3. The fraction of sp³-hybridized carbons (Fsp3) is 0.486. The number of ether oxygens (including phenoxy) is 3. The lowest BCUT2D eigenvalue weighted by Gasteiger charge is -2.32. The molecule has 8 rings (SSSR count). The maximum Gasteiger partial charge on any atom is 0.319 e. The molecule has 1 amide bonds. The molecule has 1 unspecified atom stereocenters. The number of amides is 1. The van der Waals surface area contributed by atoms with E-state index in [0.717, 1.165) is 30.7 Å². The zero-order valence-corrected chi connectivity index (χ0v) is 29.6. The molecule has 0 radical (unpaired) electrons. The smallest absolute Gasteiger partial charge is 0.319 e. The highest BCUT2D eigenvalue weighted by Gasteiger charge is 2.49. The Hall–Kier alpha value is -4.10. The Morgan fingerprint density at radius 3 is 2.86 bits per heavy atom. The van der Waals surface area contributed by atoms with Gasteiger partial charge < -0.3 is 29.7 Å². The molecular formula is C35H35ClF3N7O4S. The van der Waals surface area contributed by atoms with Crippen LogP contribution in [0.1, 0.15) is 38.2 Å². The third-order valence-electron chi connectivity index (χ3n) is 10.8. The van der Waals surface area contributed by atoms with E-state index in [1.807, 2.05) is 11.0 Å². The van der Waals surface area contributed by atoms with E-state index in [-0.39, 0.29) is 84.6 Å². The molecule has 268 valence electrons. The summed E-state index contributed by atoms with van der Waals surface area (Å²) >= 11 is 7.94. The van der Waals surface area contributed by atoms with Crippen LogP contribution in [0.15, 0.2) is 12.1 Å². The summed E-state index contributed by atoms with van der Waals surface area (Å²) in [6.07, 6.45) is 1.01. The monoisotopic (exact) mass is 741 g/mol. The summed E-state index contributed by atoms with van der Waals surface area (Å²) in [7, 11) is 1.49. The molecule has 11 nitrogen and oxygen atoms in total. The molecule has 4 atom stereocenters. The Bertz CT molecular complexity index is 2130. The predicted octanol–water partition coefficient (Wildman–Crippen LogP) is 5.69. The number of alkyl halides is 1. The molecule has 2 aromatic heterocycles. The lowest BCUT2D eigenvalue weighted by molar-refractivity contribution is -0.139. The van der Waals surface area contributed by atoms with Gasteiger partial charge in [-0.3, -0.25) is 9.69 Å². The van der Waals surface area contributed by atoms with Gasteiger partial charge in [0.25, 0.3) is 5.91 Å². The first-order valence-electron chi connectivity index (χ1n) is 16.9. The summed E-state index contributed by atoms with van der Waals surface area (Å²) in [6.45, 7) is 4.23. The van der Waals surface area contributed by atoms with Gasteiger partial charge >= 0.3 is 6.01 Å². The highest BCUT2D eigenvalue weighted by atomic mass is 35.5. The number of nitrogen functional groups attached to an aromatic ring is 1. The van der Waals surface area contributed by atoms with Crippen molar-refractivity contribution in [2.75, 3.05) is 63.7 Å². The van der Waals surface area contributed by atoms with Gasteiger partial charge in [-0.1, -0.05) is 17.7 Å². The first kappa shape index (κ1) is 34.0. The lowest BCUT2D eigenvalue weighted by atomic mass is 9.95. The molecule has 4 aromatic rings. The number of carbonyl (C=O) groups excluding carboxylic acids is 1. The van der Waals surface area contributed by atoms with Crippen molar-refractivity contribution in [3.8, 4) is 29.0 Å². The number of anilines is 2. The van der Waals surface area contributed by atoms with Gasteiger partial charge in [-0.2, -0.15) is 15.2 Å². The van der Waals surface area contributed by atoms with Crippen molar-refractivity contribution in [2.45, 2.75) is 56.5 Å². The van der Waals surface area contributed by atoms with Crippen LogP contribution < -0.4 is 20.1 Å². The molecule has 16 heteroatoms. The van der Waals surface area contributed by atoms with E-state index < -0.39 is 29.4 Å². The minimum absolute atomic E-state index is 0.0108. The number of carbonyl (C=O) groups is 1. The first-order valence-corrected chi connectivity index (χ1v) is 18.1. The number of nitrogens with two attached hydrogens (primary N) is 1. The standard InChI is InChI=1S/C35H35ClF3N7O4S/c1-17(48-2)33(47)44-9-6-19(15-44)46-10-11-49-29-25-28(42-34(43-32(25)46)50-16-35-7-3-8-45(35)14-18(37)12-35)27(39)24(26(29)36)20-4-5-22(38)30-23(20)21(13-40)31(41)51-30/h4-5,17-19H,3,6-12,14-16,41H2,1-2H3/t17-,18-,19?,35+/m1/s1. The second-order valence-corrected chi connectivity index (χ2v) is 15.1. The van der Waals surface area contributed by atoms with Crippen molar-refractivity contribution in [3.05, 3.63) is 34.4 Å². The molecule has 0 spiro atoms. The van der Waals surface area contributed by atoms with Gasteiger partial charge in [-0.15, -0.1) is 11.3 Å². The van der Waals surface area contributed by atoms with Crippen LogP contribution in [0.2, 0.25) is 5.02 Å². The summed E-state index contributed by atoms with van der Waals surface area (Å²) in [5.41, 5.74) is 5.48. The third-order valence-corrected chi connectivity index (χ3v) is 12.2. The number of nitrogens with zero attached hydrogens (tertiary/aromatic N) is 6. The molecule has 2 N–H and O–H groups in total. The quantitative estimate of drug-likeness (QED) is 0.252. The third kappa shape index (κ3) is 5.41.